The van der Waals surface area contributed by atoms with Crippen molar-refractivity contribution in [2.45, 2.75) is 24.4 Å². The maximum Gasteiger partial charge on any atom is 0.416 e. The summed E-state index contributed by atoms with van der Waals surface area (Å²) in [4.78, 5) is 29.3. The minimum Gasteiger partial charge on any atom is -0.378 e. The van der Waals surface area contributed by atoms with Crippen molar-refractivity contribution in [1.29, 1.82) is 0 Å². The number of benzene rings is 3. The minimum atomic E-state index is -4.41. The number of amides is 2. The van der Waals surface area contributed by atoms with E-state index in [0.29, 0.717) is 48.4 Å². The Morgan fingerprint density at radius 3 is 2.05 bits per heavy atom. The summed E-state index contributed by atoms with van der Waals surface area (Å²) in [6, 6.07) is 20.9. The molecule has 0 bridgehead atoms. The number of nitrogens with one attached hydrogen (secondary N) is 1. The van der Waals surface area contributed by atoms with Gasteiger partial charge >= 0.3 is 6.18 Å². The lowest BCUT2D eigenvalue weighted by Gasteiger charge is -2.41. The van der Waals surface area contributed by atoms with E-state index in [1.54, 1.807) is 59.4 Å². The first-order valence-corrected chi connectivity index (χ1v) is 12.4. The Bertz CT molecular complexity index is 1290. The highest BCUT2D eigenvalue weighted by atomic mass is 19.4. The van der Waals surface area contributed by atoms with Crippen LogP contribution in [0.1, 0.15) is 26.3 Å². The Morgan fingerprint density at radius 1 is 0.789 bits per heavy atom. The van der Waals surface area contributed by atoms with Crippen LogP contribution < -0.4 is 5.32 Å². The first kappa shape index (κ1) is 25.9. The molecule has 0 saturated carbocycles. The van der Waals surface area contributed by atoms with Gasteiger partial charge in [0.25, 0.3) is 11.8 Å². The average molecular weight is 524 g/mol. The van der Waals surface area contributed by atoms with E-state index in [-0.39, 0.29) is 30.0 Å². The van der Waals surface area contributed by atoms with E-state index in [0.717, 1.165) is 12.1 Å². The van der Waals surface area contributed by atoms with Gasteiger partial charge in [-0.1, -0.05) is 42.5 Å². The molecule has 3 aromatic rings. The van der Waals surface area contributed by atoms with Crippen molar-refractivity contribution in [2.75, 3.05) is 33.3 Å². The first-order chi connectivity index (χ1) is 18.2. The molecule has 2 amide bonds. The smallest absolute Gasteiger partial charge is 0.378 e. The monoisotopic (exact) mass is 523 g/mol. The van der Waals surface area contributed by atoms with E-state index in [2.05, 4.69) is 5.32 Å². The normalized spacial score (nSPS) is 19.9. The van der Waals surface area contributed by atoms with E-state index < -0.39 is 11.7 Å². The third-order valence-electron chi connectivity index (χ3n) is 7.15. The molecular weight excluding hydrogens is 495 g/mol. The van der Waals surface area contributed by atoms with Gasteiger partial charge in [0.1, 0.15) is 0 Å². The van der Waals surface area contributed by atoms with Crippen molar-refractivity contribution < 1.29 is 27.5 Å². The number of nitrogens with zero attached hydrogens (tertiary/aromatic N) is 2. The molecular formula is C29H28F3N3O3. The first-order valence-electron chi connectivity index (χ1n) is 12.4. The summed E-state index contributed by atoms with van der Waals surface area (Å²) in [5, 5.41) is 3.53. The molecule has 2 heterocycles. The summed E-state index contributed by atoms with van der Waals surface area (Å²) >= 11 is 0. The summed E-state index contributed by atoms with van der Waals surface area (Å²) in [5.41, 5.74) is 1.46. The number of methoxy groups -OCH3 is 1. The molecule has 9 heteroatoms. The zero-order valence-corrected chi connectivity index (χ0v) is 20.8. The minimum absolute atomic E-state index is 0.0315. The highest BCUT2D eigenvalue weighted by Gasteiger charge is 2.40. The Hall–Kier alpha value is -3.69. The van der Waals surface area contributed by atoms with E-state index in [4.69, 9.17) is 4.74 Å². The van der Waals surface area contributed by atoms with E-state index >= 15 is 0 Å². The van der Waals surface area contributed by atoms with Crippen LogP contribution in [0, 0.1) is 0 Å². The van der Waals surface area contributed by atoms with Gasteiger partial charge in [-0.15, -0.1) is 0 Å². The third kappa shape index (κ3) is 5.44. The summed E-state index contributed by atoms with van der Waals surface area (Å²) < 4.78 is 44.7. The van der Waals surface area contributed by atoms with Crippen LogP contribution in [0.5, 0.6) is 0 Å². The number of carbonyl (C=O) groups is 2. The van der Waals surface area contributed by atoms with Crippen molar-refractivity contribution in [3.63, 3.8) is 0 Å². The number of likely N-dealkylation sites (tertiary alicyclic amines) is 2. The van der Waals surface area contributed by atoms with Crippen LogP contribution in [0.2, 0.25) is 0 Å². The molecule has 0 radical (unpaired) electrons. The van der Waals surface area contributed by atoms with Crippen LogP contribution in [0.4, 0.5) is 13.2 Å². The Balaban J connectivity index is 1.15. The zero-order chi connectivity index (χ0) is 26.9. The topological polar surface area (TPSA) is 61.9 Å². The molecule has 3 aromatic carbocycles. The van der Waals surface area contributed by atoms with E-state index in [9.17, 15) is 22.8 Å². The Kier molecular flexibility index (Phi) is 7.23. The lowest BCUT2D eigenvalue weighted by Crippen LogP contribution is -2.63. The van der Waals surface area contributed by atoms with E-state index in [1.807, 2.05) is 18.2 Å². The zero-order valence-electron chi connectivity index (χ0n) is 20.8. The van der Waals surface area contributed by atoms with Crippen LogP contribution in [-0.4, -0.2) is 73.1 Å². The van der Waals surface area contributed by atoms with Gasteiger partial charge in [-0.05, 0) is 47.5 Å². The van der Waals surface area contributed by atoms with Crippen LogP contribution in [0.15, 0.2) is 78.9 Å². The van der Waals surface area contributed by atoms with Gasteiger partial charge < -0.3 is 19.9 Å². The summed E-state index contributed by atoms with van der Waals surface area (Å²) in [6.45, 7) is 2.06. The van der Waals surface area contributed by atoms with Gasteiger partial charge in [-0.2, -0.15) is 13.2 Å². The Morgan fingerprint density at radius 2 is 1.42 bits per heavy atom. The van der Waals surface area contributed by atoms with Gasteiger partial charge in [0.2, 0.25) is 0 Å². The molecule has 2 fully saturated rings. The molecule has 5 rings (SSSR count). The van der Waals surface area contributed by atoms with Crippen molar-refractivity contribution in [3.8, 4) is 11.1 Å². The fraction of sp³-hybridized carbons (Fsp3) is 0.310. The maximum atomic E-state index is 13.0. The molecule has 0 unspecified atom stereocenters. The summed E-state index contributed by atoms with van der Waals surface area (Å²) in [7, 11) is 1.63. The fourth-order valence-corrected chi connectivity index (χ4v) is 5.02. The van der Waals surface area contributed by atoms with Crippen molar-refractivity contribution in [2.24, 2.45) is 0 Å². The molecule has 0 aromatic heterocycles. The molecule has 0 spiro atoms. The number of carbonyl (C=O) groups excluding carboxylic acids is 2. The van der Waals surface area contributed by atoms with Crippen molar-refractivity contribution >= 4 is 11.8 Å². The highest BCUT2D eigenvalue weighted by Crippen LogP contribution is 2.32. The Labute approximate surface area is 219 Å². The average Bonchev–Trinajstić information content (AvgIpc) is 3.33. The van der Waals surface area contributed by atoms with Gasteiger partial charge in [0.05, 0.1) is 17.7 Å². The number of alkyl halides is 3. The standard InChI is InChI=1S/C29H28F3N3O3/c1-38-26-18-35(27(36)20-6-3-2-4-7-20)17-25(26)33-24-15-34(16-24)28(37)21-12-10-19(11-13-21)22-8-5-9-23(14-22)29(30,31)32/h2-14,24-26,33H,15-18H2,1H3/t25-,26-/m0/s1. The number of rotatable bonds is 6. The van der Waals surface area contributed by atoms with Gasteiger partial charge in [0, 0.05) is 50.5 Å². The SMILES string of the molecule is CO[C@H]1CN(C(=O)c2ccccc2)C[C@@H]1NC1CN(C(=O)c2ccc(-c3cccc(C(F)(F)F)c3)cc2)C1. The molecule has 2 atom stereocenters. The summed E-state index contributed by atoms with van der Waals surface area (Å²) in [6.07, 6.45) is -4.55. The van der Waals surface area contributed by atoms with Crippen LogP contribution >= 0.6 is 0 Å². The van der Waals surface area contributed by atoms with Gasteiger partial charge in [-0.3, -0.25) is 9.59 Å². The summed E-state index contributed by atoms with van der Waals surface area (Å²) in [5.74, 6) is -0.162. The van der Waals surface area contributed by atoms with Crippen molar-refractivity contribution in [1.82, 2.24) is 15.1 Å². The highest BCUT2D eigenvalue weighted by molar-refractivity contribution is 5.95. The number of halogens is 3. The lowest BCUT2D eigenvalue weighted by atomic mass is 10.00. The molecule has 2 aliphatic rings. The van der Waals surface area contributed by atoms with Gasteiger partial charge in [-0.25, -0.2) is 0 Å². The van der Waals surface area contributed by atoms with Crippen LogP contribution in [-0.2, 0) is 10.9 Å². The molecule has 198 valence electrons. The second kappa shape index (κ2) is 10.6. The number of hydrogen-bond donors (Lipinski definition) is 1. The van der Waals surface area contributed by atoms with Crippen molar-refractivity contribution in [3.05, 3.63) is 95.6 Å². The van der Waals surface area contributed by atoms with E-state index in [1.165, 1.54) is 6.07 Å². The maximum absolute atomic E-state index is 13.0. The molecule has 2 aliphatic heterocycles. The van der Waals surface area contributed by atoms with Crippen LogP contribution in [0.3, 0.4) is 0 Å². The largest absolute Gasteiger partial charge is 0.416 e. The second-order valence-corrected chi connectivity index (χ2v) is 9.69. The molecule has 0 aliphatic carbocycles. The number of ether oxygens (including phenoxy) is 1. The fourth-order valence-electron chi connectivity index (χ4n) is 5.02. The number of hydrogen-bond acceptors (Lipinski definition) is 4. The quantitative estimate of drug-likeness (QED) is 0.523. The molecule has 6 nitrogen and oxygen atoms in total. The second-order valence-electron chi connectivity index (χ2n) is 9.69. The molecule has 1 N–H and O–H groups in total. The van der Waals surface area contributed by atoms with Crippen LogP contribution in [0.25, 0.3) is 11.1 Å². The lowest BCUT2D eigenvalue weighted by molar-refractivity contribution is -0.137. The third-order valence-corrected chi connectivity index (χ3v) is 7.15. The predicted molar refractivity (Wildman–Crippen MR) is 137 cm³/mol. The predicted octanol–water partition coefficient (Wildman–Crippen LogP) is 4.33. The van der Waals surface area contributed by atoms with Gasteiger partial charge in [0.15, 0.2) is 0 Å². The molecule has 38 heavy (non-hydrogen) atoms. The molecule has 2 saturated heterocycles.